The Bertz CT molecular complexity index is 254. The zero-order valence-corrected chi connectivity index (χ0v) is 11.1. The lowest BCUT2D eigenvalue weighted by atomic mass is 10.1. The first-order valence-corrected chi connectivity index (χ1v) is 6.10. The highest BCUT2D eigenvalue weighted by atomic mass is 16.4. The molecule has 5 heteroatoms. The van der Waals surface area contributed by atoms with Gasteiger partial charge in [0.25, 0.3) is 0 Å². The average Bonchev–Trinajstić information content (AvgIpc) is 2.12. The van der Waals surface area contributed by atoms with E-state index in [2.05, 4.69) is 24.5 Å². The van der Waals surface area contributed by atoms with Gasteiger partial charge in [-0.15, -0.1) is 0 Å². The second kappa shape index (κ2) is 7.92. The van der Waals surface area contributed by atoms with Gasteiger partial charge >= 0.3 is 12.0 Å². The Labute approximate surface area is 103 Å². The minimum Gasteiger partial charge on any atom is -0.481 e. The summed E-state index contributed by atoms with van der Waals surface area (Å²) in [6, 6.07) is -0.227. The number of hydrogen-bond donors (Lipinski definition) is 3. The fourth-order valence-corrected chi connectivity index (χ4v) is 1.67. The normalized spacial score (nSPS) is 14.2. The lowest BCUT2D eigenvalue weighted by Crippen LogP contribution is -2.44. The highest BCUT2D eigenvalue weighted by Gasteiger charge is 2.12. The third kappa shape index (κ3) is 9.66. The summed E-state index contributed by atoms with van der Waals surface area (Å²) in [5.41, 5.74) is 0. The first-order chi connectivity index (χ1) is 7.81. The smallest absolute Gasteiger partial charge is 0.315 e. The van der Waals surface area contributed by atoms with Crippen molar-refractivity contribution in [3.63, 3.8) is 0 Å². The van der Waals surface area contributed by atoms with Crippen molar-refractivity contribution in [1.82, 2.24) is 10.6 Å². The quantitative estimate of drug-likeness (QED) is 0.640. The van der Waals surface area contributed by atoms with Crippen LogP contribution in [-0.4, -0.2) is 29.2 Å². The lowest BCUT2D eigenvalue weighted by molar-refractivity contribution is -0.137. The van der Waals surface area contributed by atoms with Gasteiger partial charge in [-0.1, -0.05) is 13.8 Å². The van der Waals surface area contributed by atoms with E-state index >= 15 is 0 Å². The van der Waals surface area contributed by atoms with Crippen LogP contribution in [0, 0.1) is 5.92 Å². The summed E-state index contributed by atoms with van der Waals surface area (Å²) < 4.78 is 0. The molecule has 0 aliphatic rings. The van der Waals surface area contributed by atoms with Crippen molar-refractivity contribution in [2.24, 2.45) is 5.92 Å². The van der Waals surface area contributed by atoms with E-state index in [4.69, 9.17) is 5.11 Å². The van der Waals surface area contributed by atoms with Crippen LogP contribution < -0.4 is 10.6 Å². The van der Waals surface area contributed by atoms with Gasteiger partial charge in [-0.25, -0.2) is 4.79 Å². The Kier molecular flexibility index (Phi) is 7.34. The van der Waals surface area contributed by atoms with Gasteiger partial charge in [-0.3, -0.25) is 4.79 Å². The first-order valence-electron chi connectivity index (χ1n) is 6.10. The molecular formula is C12H24N2O3. The summed E-state index contributed by atoms with van der Waals surface area (Å²) in [5, 5.41) is 14.1. The molecule has 2 atom stereocenters. The molecule has 2 unspecified atom stereocenters. The molecule has 0 rings (SSSR count). The highest BCUT2D eigenvalue weighted by molar-refractivity contribution is 5.74. The zero-order chi connectivity index (χ0) is 13.4. The number of hydrogen-bond acceptors (Lipinski definition) is 2. The number of carbonyl (C=O) groups is 2. The Morgan fingerprint density at radius 2 is 1.59 bits per heavy atom. The van der Waals surface area contributed by atoms with Crippen molar-refractivity contribution < 1.29 is 14.7 Å². The van der Waals surface area contributed by atoms with E-state index < -0.39 is 5.97 Å². The molecule has 0 radical (unpaired) electrons. The van der Waals surface area contributed by atoms with Gasteiger partial charge in [-0.05, 0) is 32.6 Å². The Morgan fingerprint density at radius 3 is 2.06 bits per heavy atom. The first kappa shape index (κ1) is 15.7. The van der Waals surface area contributed by atoms with Gasteiger partial charge in [0.05, 0.1) is 0 Å². The van der Waals surface area contributed by atoms with E-state index in [9.17, 15) is 9.59 Å². The lowest BCUT2D eigenvalue weighted by Gasteiger charge is -2.19. The maximum absolute atomic E-state index is 11.5. The molecule has 0 aliphatic carbocycles. The number of urea groups is 1. The number of carbonyl (C=O) groups excluding carboxylic acids is 1. The van der Waals surface area contributed by atoms with Gasteiger partial charge in [0, 0.05) is 18.5 Å². The van der Waals surface area contributed by atoms with Crippen LogP contribution in [0.25, 0.3) is 0 Å². The molecule has 0 aromatic rings. The summed E-state index contributed by atoms with van der Waals surface area (Å²) in [4.78, 5) is 21.9. The zero-order valence-electron chi connectivity index (χ0n) is 11.1. The minimum atomic E-state index is -0.841. The van der Waals surface area contributed by atoms with Crippen molar-refractivity contribution in [1.29, 1.82) is 0 Å². The highest BCUT2D eigenvalue weighted by Crippen LogP contribution is 2.03. The third-order valence-corrected chi connectivity index (χ3v) is 2.37. The van der Waals surface area contributed by atoms with Crippen LogP contribution in [0.5, 0.6) is 0 Å². The van der Waals surface area contributed by atoms with Gasteiger partial charge < -0.3 is 15.7 Å². The van der Waals surface area contributed by atoms with Crippen molar-refractivity contribution >= 4 is 12.0 Å². The fourth-order valence-electron chi connectivity index (χ4n) is 1.67. The Hall–Kier alpha value is -1.26. The number of carboxylic acids is 1. The molecule has 0 heterocycles. The van der Waals surface area contributed by atoms with E-state index in [1.807, 2.05) is 6.92 Å². The molecule has 0 bridgehead atoms. The van der Waals surface area contributed by atoms with E-state index in [0.29, 0.717) is 12.3 Å². The average molecular weight is 244 g/mol. The molecule has 0 saturated heterocycles. The second-order valence-electron chi connectivity index (χ2n) is 4.98. The molecule has 5 nitrogen and oxygen atoms in total. The summed E-state index contributed by atoms with van der Waals surface area (Å²) in [6.45, 7) is 7.97. The van der Waals surface area contributed by atoms with E-state index in [1.165, 1.54) is 0 Å². The largest absolute Gasteiger partial charge is 0.481 e. The fraction of sp³-hybridized carbons (Fsp3) is 0.833. The van der Waals surface area contributed by atoms with Crippen LogP contribution in [0.4, 0.5) is 4.79 Å². The topological polar surface area (TPSA) is 78.4 Å². The predicted molar refractivity (Wildman–Crippen MR) is 66.9 cm³/mol. The Morgan fingerprint density at radius 1 is 1.06 bits per heavy atom. The second-order valence-corrected chi connectivity index (χ2v) is 4.98. The molecule has 0 saturated carbocycles. The Balaban J connectivity index is 3.80. The molecule has 0 fully saturated rings. The molecule has 0 spiro atoms. The number of amides is 2. The third-order valence-electron chi connectivity index (χ3n) is 2.37. The molecule has 2 amide bonds. The molecule has 17 heavy (non-hydrogen) atoms. The summed E-state index contributed by atoms with van der Waals surface area (Å²) in [7, 11) is 0. The van der Waals surface area contributed by atoms with Gasteiger partial charge in [0.2, 0.25) is 0 Å². The van der Waals surface area contributed by atoms with E-state index in [0.717, 1.165) is 6.42 Å². The monoisotopic (exact) mass is 244 g/mol. The number of carboxylic acid groups (broad SMARTS) is 1. The molecule has 0 aliphatic heterocycles. The van der Waals surface area contributed by atoms with Gasteiger partial charge in [-0.2, -0.15) is 0 Å². The van der Waals surface area contributed by atoms with Crippen LogP contribution in [0.2, 0.25) is 0 Å². The minimum absolute atomic E-state index is 0.0724. The molecule has 100 valence electrons. The molecule has 0 aromatic heterocycles. The molecule has 0 aromatic carbocycles. The molecular weight excluding hydrogens is 220 g/mol. The van der Waals surface area contributed by atoms with Crippen molar-refractivity contribution in [3.05, 3.63) is 0 Å². The van der Waals surface area contributed by atoms with Crippen molar-refractivity contribution in [2.75, 3.05) is 0 Å². The van der Waals surface area contributed by atoms with E-state index in [-0.39, 0.29) is 24.5 Å². The summed E-state index contributed by atoms with van der Waals surface area (Å²) in [5.74, 6) is -0.304. The number of nitrogens with one attached hydrogen (secondary N) is 2. The van der Waals surface area contributed by atoms with Gasteiger partial charge in [0.15, 0.2) is 0 Å². The predicted octanol–water partition coefficient (Wildman–Crippen LogP) is 1.97. The van der Waals surface area contributed by atoms with Crippen LogP contribution in [0.3, 0.4) is 0 Å². The summed E-state index contributed by atoms with van der Waals surface area (Å²) >= 11 is 0. The van der Waals surface area contributed by atoms with Crippen LogP contribution in [0.1, 0.15) is 47.0 Å². The standard InChI is InChI=1S/C12H24N2O3/c1-8(2)7-10(4)14-12(17)13-9(3)5-6-11(15)16/h8-10H,5-7H2,1-4H3,(H,15,16)(H2,13,14,17). The number of rotatable bonds is 7. The van der Waals surface area contributed by atoms with Crippen molar-refractivity contribution in [2.45, 2.75) is 59.0 Å². The van der Waals surface area contributed by atoms with Gasteiger partial charge in [0.1, 0.15) is 0 Å². The maximum Gasteiger partial charge on any atom is 0.315 e. The maximum atomic E-state index is 11.5. The van der Waals surface area contributed by atoms with Crippen molar-refractivity contribution in [3.8, 4) is 0 Å². The molecule has 3 N–H and O–H groups in total. The van der Waals surface area contributed by atoms with Crippen LogP contribution >= 0.6 is 0 Å². The number of aliphatic carboxylic acids is 1. The SMILES string of the molecule is CC(C)CC(C)NC(=O)NC(C)CCC(=O)O. The van der Waals surface area contributed by atoms with Crippen LogP contribution in [-0.2, 0) is 4.79 Å². The van der Waals surface area contributed by atoms with E-state index in [1.54, 1.807) is 6.92 Å². The van der Waals surface area contributed by atoms with Crippen LogP contribution in [0.15, 0.2) is 0 Å². The summed E-state index contributed by atoms with van der Waals surface area (Å²) in [6.07, 6.45) is 1.45.